The van der Waals surface area contributed by atoms with Crippen LogP contribution >= 0.6 is 24.0 Å². The van der Waals surface area contributed by atoms with E-state index in [1.807, 2.05) is 31.2 Å². The van der Waals surface area contributed by atoms with Gasteiger partial charge in [-0.2, -0.15) is 5.10 Å². The summed E-state index contributed by atoms with van der Waals surface area (Å²) in [5.41, 5.74) is 2.17. The lowest BCUT2D eigenvalue weighted by Crippen LogP contribution is -2.42. The number of carbonyl (C=O) groups is 1. The Kier molecular flexibility index (Phi) is 6.04. The summed E-state index contributed by atoms with van der Waals surface area (Å²) in [5, 5.41) is 11.3. The van der Waals surface area contributed by atoms with Crippen molar-refractivity contribution < 1.29 is 4.79 Å². The second-order valence-corrected chi connectivity index (χ2v) is 5.91. The molecule has 2 heterocycles. The van der Waals surface area contributed by atoms with Crippen LogP contribution in [0.15, 0.2) is 30.5 Å². The number of carbonyl (C=O) groups excluding carboxylic acids is 1. The number of amides is 1. The van der Waals surface area contributed by atoms with Gasteiger partial charge in [0, 0.05) is 6.04 Å². The van der Waals surface area contributed by atoms with E-state index in [1.54, 1.807) is 10.9 Å². The fourth-order valence-corrected chi connectivity index (χ4v) is 2.94. The van der Waals surface area contributed by atoms with Crippen LogP contribution in [0.5, 0.6) is 0 Å². The van der Waals surface area contributed by atoms with Crippen molar-refractivity contribution in [2.24, 2.45) is 0 Å². The number of aromatic nitrogens is 2. The summed E-state index contributed by atoms with van der Waals surface area (Å²) in [4.78, 5) is 12.4. The van der Waals surface area contributed by atoms with Gasteiger partial charge in [-0.05, 0) is 45.0 Å². The zero-order valence-electron chi connectivity index (χ0n) is 12.9. The largest absolute Gasteiger partial charge is 0.349 e. The predicted molar refractivity (Wildman–Crippen MR) is 93.9 cm³/mol. The SMILES string of the molecule is Cc1c(C(=O)NC2CCNCC2)cnn1-c1ccccc1Cl.Cl. The first-order chi connectivity index (χ1) is 10.7. The molecular formula is C16H20Cl2N4O. The van der Waals surface area contributed by atoms with Crippen molar-refractivity contribution in [3.8, 4) is 5.69 Å². The zero-order valence-corrected chi connectivity index (χ0v) is 14.5. The molecule has 3 rings (SSSR count). The Morgan fingerprint density at radius 2 is 2.04 bits per heavy atom. The molecule has 23 heavy (non-hydrogen) atoms. The van der Waals surface area contributed by atoms with E-state index in [1.165, 1.54) is 0 Å². The van der Waals surface area contributed by atoms with Crippen LogP contribution in [0.25, 0.3) is 5.69 Å². The molecule has 1 aliphatic rings. The smallest absolute Gasteiger partial charge is 0.254 e. The fraction of sp³-hybridized carbons (Fsp3) is 0.375. The van der Waals surface area contributed by atoms with E-state index in [9.17, 15) is 4.79 Å². The molecule has 1 aromatic carbocycles. The van der Waals surface area contributed by atoms with Crippen LogP contribution < -0.4 is 10.6 Å². The first-order valence-corrected chi connectivity index (χ1v) is 7.85. The van der Waals surface area contributed by atoms with E-state index in [2.05, 4.69) is 15.7 Å². The number of rotatable bonds is 3. The molecule has 1 aromatic heterocycles. The number of hydrogen-bond acceptors (Lipinski definition) is 3. The molecule has 1 saturated heterocycles. The van der Waals surface area contributed by atoms with Gasteiger partial charge in [0.05, 0.1) is 28.2 Å². The van der Waals surface area contributed by atoms with Crippen molar-refractivity contribution in [2.45, 2.75) is 25.8 Å². The van der Waals surface area contributed by atoms with Gasteiger partial charge >= 0.3 is 0 Å². The first-order valence-electron chi connectivity index (χ1n) is 7.48. The van der Waals surface area contributed by atoms with Crippen LogP contribution in [0.1, 0.15) is 28.9 Å². The minimum Gasteiger partial charge on any atom is -0.349 e. The van der Waals surface area contributed by atoms with Gasteiger partial charge < -0.3 is 10.6 Å². The maximum atomic E-state index is 12.4. The van der Waals surface area contributed by atoms with Gasteiger partial charge in [0.2, 0.25) is 0 Å². The minimum atomic E-state index is -0.0669. The molecular weight excluding hydrogens is 335 g/mol. The van der Waals surface area contributed by atoms with Gasteiger partial charge in [-0.15, -0.1) is 12.4 Å². The van der Waals surface area contributed by atoms with E-state index in [4.69, 9.17) is 11.6 Å². The van der Waals surface area contributed by atoms with Crippen LogP contribution in [0.2, 0.25) is 5.02 Å². The lowest BCUT2D eigenvalue weighted by Gasteiger charge is -2.23. The minimum absolute atomic E-state index is 0. The Labute approximate surface area is 146 Å². The molecule has 0 bridgehead atoms. The van der Waals surface area contributed by atoms with Crippen LogP contribution in [0, 0.1) is 6.92 Å². The van der Waals surface area contributed by atoms with E-state index in [-0.39, 0.29) is 24.4 Å². The number of piperidine rings is 1. The van der Waals surface area contributed by atoms with Crippen LogP contribution in [-0.4, -0.2) is 34.8 Å². The molecule has 124 valence electrons. The van der Waals surface area contributed by atoms with Gasteiger partial charge in [0.1, 0.15) is 0 Å². The van der Waals surface area contributed by atoms with Crippen molar-refractivity contribution in [1.29, 1.82) is 0 Å². The maximum Gasteiger partial charge on any atom is 0.254 e. The summed E-state index contributed by atoms with van der Waals surface area (Å²) >= 11 is 6.21. The summed E-state index contributed by atoms with van der Waals surface area (Å²) in [5.74, 6) is -0.0669. The quantitative estimate of drug-likeness (QED) is 0.890. The van der Waals surface area contributed by atoms with Crippen LogP contribution in [0.3, 0.4) is 0 Å². The number of nitrogens with one attached hydrogen (secondary N) is 2. The molecule has 1 fully saturated rings. The van der Waals surface area contributed by atoms with Crippen molar-refractivity contribution in [3.63, 3.8) is 0 Å². The van der Waals surface area contributed by atoms with Crippen molar-refractivity contribution >= 4 is 29.9 Å². The third-order valence-corrected chi connectivity index (χ3v) is 4.33. The molecule has 0 aliphatic carbocycles. The summed E-state index contributed by atoms with van der Waals surface area (Å²) < 4.78 is 1.71. The predicted octanol–water partition coefficient (Wildman–Crippen LogP) is 2.74. The highest BCUT2D eigenvalue weighted by Gasteiger charge is 2.20. The van der Waals surface area contributed by atoms with Gasteiger partial charge in [-0.3, -0.25) is 4.79 Å². The second-order valence-electron chi connectivity index (χ2n) is 5.50. The zero-order chi connectivity index (χ0) is 15.5. The molecule has 0 unspecified atom stereocenters. The molecule has 2 N–H and O–H groups in total. The highest BCUT2D eigenvalue weighted by molar-refractivity contribution is 6.32. The van der Waals surface area contributed by atoms with Crippen LogP contribution in [-0.2, 0) is 0 Å². The highest BCUT2D eigenvalue weighted by Crippen LogP contribution is 2.22. The molecule has 2 aromatic rings. The monoisotopic (exact) mass is 354 g/mol. The first kappa shape index (κ1) is 17.8. The third kappa shape index (κ3) is 3.86. The van der Waals surface area contributed by atoms with Crippen LogP contribution in [0.4, 0.5) is 0 Å². The highest BCUT2D eigenvalue weighted by atomic mass is 35.5. The number of halogens is 2. The molecule has 0 spiro atoms. The molecule has 0 radical (unpaired) electrons. The topological polar surface area (TPSA) is 59.0 Å². The Bertz CT molecular complexity index is 680. The van der Waals surface area contributed by atoms with Crippen molar-refractivity contribution in [1.82, 2.24) is 20.4 Å². The summed E-state index contributed by atoms with van der Waals surface area (Å²) in [6.45, 7) is 3.78. The fourth-order valence-electron chi connectivity index (χ4n) is 2.73. The normalized spacial score (nSPS) is 15.0. The lowest BCUT2D eigenvalue weighted by molar-refractivity contribution is 0.0929. The average Bonchev–Trinajstić information content (AvgIpc) is 2.90. The molecule has 0 atom stereocenters. The maximum absolute atomic E-state index is 12.4. The van der Waals surface area contributed by atoms with E-state index >= 15 is 0 Å². The summed E-state index contributed by atoms with van der Waals surface area (Å²) in [6, 6.07) is 7.70. The number of nitrogens with zero attached hydrogens (tertiary/aromatic N) is 2. The Morgan fingerprint density at radius 1 is 1.35 bits per heavy atom. The number of para-hydroxylation sites is 1. The number of hydrogen-bond donors (Lipinski definition) is 2. The Morgan fingerprint density at radius 3 is 2.74 bits per heavy atom. The lowest BCUT2D eigenvalue weighted by atomic mass is 10.1. The van der Waals surface area contributed by atoms with Gasteiger partial charge in [-0.25, -0.2) is 4.68 Å². The molecule has 1 amide bonds. The summed E-state index contributed by atoms with van der Waals surface area (Å²) in [7, 11) is 0. The molecule has 0 saturated carbocycles. The average molecular weight is 355 g/mol. The van der Waals surface area contributed by atoms with Crippen molar-refractivity contribution in [2.75, 3.05) is 13.1 Å². The van der Waals surface area contributed by atoms with E-state index < -0.39 is 0 Å². The van der Waals surface area contributed by atoms with Crippen molar-refractivity contribution in [3.05, 3.63) is 46.7 Å². The van der Waals surface area contributed by atoms with Gasteiger partial charge in [-0.1, -0.05) is 23.7 Å². The Balaban J connectivity index is 0.00000192. The second kappa shape index (κ2) is 7.81. The van der Waals surface area contributed by atoms with Gasteiger partial charge in [0.15, 0.2) is 0 Å². The standard InChI is InChI=1S/C16H19ClN4O.ClH/c1-11-13(16(22)20-12-6-8-18-9-7-12)10-19-21(11)15-5-3-2-4-14(15)17;/h2-5,10,12,18H,6-9H2,1H3,(H,20,22);1H. The molecule has 5 nitrogen and oxygen atoms in total. The molecule has 1 aliphatic heterocycles. The number of benzene rings is 1. The van der Waals surface area contributed by atoms with E-state index in [0.717, 1.165) is 37.3 Å². The third-order valence-electron chi connectivity index (χ3n) is 4.01. The van der Waals surface area contributed by atoms with Gasteiger partial charge in [0.25, 0.3) is 5.91 Å². The molecule has 7 heteroatoms. The summed E-state index contributed by atoms with van der Waals surface area (Å²) in [6.07, 6.45) is 3.53. The van der Waals surface area contributed by atoms with E-state index in [0.29, 0.717) is 10.6 Å². The Hall–Kier alpha value is -1.56.